The minimum Gasteiger partial charge on any atom is -0.488 e. The second-order valence-corrected chi connectivity index (χ2v) is 9.37. The van der Waals surface area contributed by atoms with Crippen LogP contribution in [-0.2, 0) is 16.2 Å². The van der Waals surface area contributed by atoms with Gasteiger partial charge in [-0.2, -0.15) is 0 Å². The molecule has 35 heavy (non-hydrogen) atoms. The molecule has 8 nitrogen and oxygen atoms in total. The van der Waals surface area contributed by atoms with Crippen LogP contribution in [0.25, 0.3) is 6.08 Å². The summed E-state index contributed by atoms with van der Waals surface area (Å²) in [7, 11) is 0. The van der Waals surface area contributed by atoms with Crippen molar-refractivity contribution in [1.82, 2.24) is 5.32 Å². The molecule has 1 saturated heterocycles. The van der Waals surface area contributed by atoms with Gasteiger partial charge in [-0.3, -0.25) is 14.9 Å². The van der Waals surface area contributed by atoms with E-state index >= 15 is 0 Å². The van der Waals surface area contributed by atoms with Crippen molar-refractivity contribution in [3.63, 3.8) is 0 Å². The summed E-state index contributed by atoms with van der Waals surface area (Å²) in [5.74, 6) is 0.00516. The smallest absolute Gasteiger partial charge is 0.335 e. The number of urea groups is 1. The van der Waals surface area contributed by atoms with E-state index in [-0.39, 0.29) is 18.1 Å². The van der Waals surface area contributed by atoms with E-state index < -0.39 is 17.8 Å². The number of barbiturate groups is 1. The van der Waals surface area contributed by atoms with Gasteiger partial charge < -0.3 is 14.2 Å². The molecule has 4 amide bonds. The number of imide groups is 2. The van der Waals surface area contributed by atoms with Crippen LogP contribution in [0.2, 0.25) is 0 Å². The topological polar surface area (TPSA) is 94.2 Å². The highest BCUT2D eigenvalue weighted by Crippen LogP contribution is 2.36. The molecule has 2 aliphatic rings. The zero-order chi connectivity index (χ0) is 24.5. The van der Waals surface area contributed by atoms with Gasteiger partial charge in [0.15, 0.2) is 11.5 Å². The third kappa shape index (κ3) is 4.80. The largest absolute Gasteiger partial charge is 0.488 e. The Morgan fingerprint density at radius 3 is 2.49 bits per heavy atom. The van der Waals surface area contributed by atoms with Gasteiger partial charge in [0.25, 0.3) is 11.8 Å². The number of nitrogens with zero attached hydrogens (tertiary/aromatic N) is 1. The molecule has 10 heteroatoms. The second kappa shape index (κ2) is 9.55. The monoisotopic (exact) mass is 598 g/mol. The van der Waals surface area contributed by atoms with E-state index in [1.165, 1.54) is 12.1 Å². The van der Waals surface area contributed by atoms with Gasteiger partial charge in [-0.15, -0.1) is 0 Å². The van der Waals surface area contributed by atoms with Gasteiger partial charge in [-0.25, -0.2) is 9.69 Å². The average molecular weight is 600 g/mol. The maximum atomic E-state index is 13.2. The van der Waals surface area contributed by atoms with Crippen LogP contribution in [0, 0.1) is 0 Å². The third-order valence-corrected chi connectivity index (χ3v) is 6.44. The first-order chi connectivity index (χ1) is 16.9. The van der Waals surface area contributed by atoms with Crippen molar-refractivity contribution in [2.24, 2.45) is 0 Å². The molecule has 0 radical (unpaired) electrons. The number of hydrogen-bond acceptors (Lipinski definition) is 6. The van der Waals surface area contributed by atoms with Gasteiger partial charge in [0.2, 0.25) is 6.79 Å². The molecule has 0 atom stereocenters. The summed E-state index contributed by atoms with van der Waals surface area (Å²) in [6.07, 6.45) is 1.42. The fourth-order valence-electron chi connectivity index (χ4n) is 3.55. The number of benzene rings is 3. The maximum absolute atomic E-state index is 13.2. The predicted molar refractivity (Wildman–Crippen MR) is 134 cm³/mol. The molecule has 2 heterocycles. The zero-order valence-corrected chi connectivity index (χ0v) is 21.1. The van der Waals surface area contributed by atoms with Crippen LogP contribution in [0.4, 0.5) is 10.5 Å². The Balaban J connectivity index is 1.37. The molecule has 3 aromatic rings. The van der Waals surface area contributed by atoms with Crippen LogP contribution in [0.1, 0.15) is 11.1 Å². The van der Waals surface area contributed by atoms with E-state index in [0.717, 1.165) is 14.9 Å². The number of ether oxygens (including phenoxy) is 3. The van der Waals surface area contributed by atoms with Gasteiger partial charge >= 0.3 is 6.03 Å². The van der Waals surface area contributed by atoms with Crippen molar-refractivity contribution in [3.8, 4) is 17.2 Å². The summed E-state index contributed by atoms with van der Waals surface area (Å²) in [4.78, 5) is 39.0. The summed E-state index contributed by atoms with van der Waals surface area (Å²) in [5, 5.41) is 2.21. The summed E-state index contributed by atoms with van der Waals surface area (Å²) >= 11 is 6.88. The summed E-state index contributed by atoms with van der Waals surface area (Å²) in [6.45, 7) is 0.431. The second-order valence-electron chi connectivity index (χ2n) is 7.60. The number of fused-ring (bicyclic) bond motifs is 1. The van der Waals surface area contributed by atoms with E-state index in [1.54, 1.807) is 30.3 Å². The Hall–Kier alpha value is -3.63. The first-order valence-corrected chi connectivity index (χ1v) is 12.0. The van der Waals surface area contributed by atoms with Crippen LogP contribution in [0.5, 0.6) is 17.2 Å². The molecule has 5 rings (SSSR count). The Labute approximate surface area is 216 Å². The van der Waals surface area contributed by atoms with Gasteiger partial charge in [0, 0.05) is 10.5 Å². The van der Waals surface area contributed by atoms with E-state index in [0.29, 0.717) is 33.9 Å². The molecule has 0 aromatic heterocycles. The standard InChI is InChI=1S/C25H16Br2N2O6/c26-16-4-1-14(2-5-16)12-33-20-7-3-15(10-19(20)27)9-18-23(30)28-25(32)29(24(18)31)17-6-8-21-22(11-17)35-13-34-21/h1-11H,12-13H2,(H,28,30,32)/b18-9+. The fourth-order valence-corrected chi connectivity index (χ4v) is 4.32. The SMILES string of the molecule is O=C1NC(=O)N(c2ccc3c(c2)OCO3)C(=O)/C1=C/c1ccc(OCc2ccc(Br)cc2)c(Br)c1. The van der Waals surface area contributed by atoms with Crippen molar-refractivity contribution in [2.75, 3.05) is 11.7 Å². The molecular weight excluding hydrogens is 584 g/mol. The molecule has 0 unspecified atom stereocenters. The molecule has 1 fully saturated rings. The van der Waals surface area contributed by atoms with E-state index in [1.807, 2.05) is 24.3 Å². The van der Waals surface area contributed by atoms with Crippen LogP contribution in [-0.4, -0.2) is 24.6 Å². The van der Waals surface area contributed by atoms with Crippen molar-refractivity contribution >= 4 is 61.5 Å². The van der Waals surface area contributed by atoms with Crippen molar-refractivity contribution in [1.29, 1.82) is 0 Å². The normalized spacial score (nSPS) is 16.0. The van der Waals surface area contributed by atoms with Crippen LogP contribution in [0.3, 0.4) is 0 Å². The first-order valence-electron chi connectivity index (χ1n) is 10.4. The highest BCUT2D eigenvalue weighted by atomic mass is 79.9. The number of hydrogen-bond donors (Lipinski definition) is 1. The lowest BCUT2D eigenvalue weighted by Gasteiger charge is -2.26. The molecule has 0 bridgehead atoms. The van der Waals surface area contributed by atoms with Crippen LogP contribution < -0.4 is 24.4 Å². The van der Waals surface area contributed by atoms with E-state index in [2.05, 4.69) is 37.2 Å². The Morgan fingerprint density at radius 2 is 1.71 bits per heavy atom. The highest BCUT2D eigenvalue weighted by Gasteiger charge is 2.37. The number of carbonyl (C=O) groups is 3. The minimum atomic E-state index is -0.839. The first kappa shape index (κ1) is 23.1. The number of carbonyl (C=O) groups excluding carboxylic acids is 3. The molecular formula is C25H16Br2N2O6. The number of amides is 4. The summed E-state index contributed by atoms with van der Waals surface area (Å²) in [6, 6.07) is 16.8. The third-order valence-electron chi connectivity index (χ3n) is 5.29. The predicted octanol–water partition coefficient (Wildman–Crippen LogP) is 5.19. The molecule has 3 aromatic carbocycles. The average Bonchev–Trinajstić information content (AvgIpc) is 3.30. The van der Waals surface area contributed by atoms with Crippen molar-refractivity contribution in [2.45, 2.75) is 6.61 Å². The molecule has 176 valence electrons. The minimum absolute atomic E-state index is 0.0558. The quantitative estimate of drug-likeness (QED) is 0.321. The fraction of sp³-hybridized carbons (Fsp3) is 0.0800. The van der Waals surface area contributed by atoms with Gasteiger partial charge in [0.1, 0.15) is 17.9 Å². The number of halogens is 2. The number of anilines is 1. The lowest BCUT2D eigenvalue weighted by atomic mass is 10.1. The molecule has 2 aliphatic heterocycles. The molecule has 1 N–H and O–H groups in total. The van der Waals surface area contributed by atoms with Gasteiger partial charge in [-0.05, 0) is 69.5 Å². The van der Waals surface area contributed by atoms with Gasteiger partial charge in [-0.1, -0.05) is 34.1 Å². The lowest BCUT2D eigenvalue weighted by Crippen LogP contribution is -2.54. The Bertz CT molecular complexity index is 1390. The highest BCUT2D eigenvalue weighted by molar-refractivity contribution is 9.10. The van der Waals surface area contributed by atoms with Crippen LogP contribution in [0.15, 0.2) is 75.2 Å². The van der Waals surface area contributed by atoms with E-state index in [4.69, 9.17) is 14.2 Å². The molecule has 0 spiro atoms. The lowest BCUT2D eigenvalue weighted by molar-refractivity contribution is -0.122. The van der Waals surface area contributed by atoms with Crippen LogP contribution >= 0.6 is 31.9 Å². The number of nitrogens with one attached hydrogen (secondary N) is 1. The Morgan fingerprint density at radius 1 is 0.943 bits per heavy atom. The summed E-state index contributed by atoms with van der Waals surface area (Å²) in [5.41, 5.74) is 1.65. The van der Waals surface area contributed by atoms with Crippen molar-refractivity contribution < 1.29 is 28.6 Å². The summed E-state index contributed by atoms with van der Waals surface area (Å²) < 4.78 is 18.1. The maximum Gasteiger partial charge on any atom is 0.335 e. The zero-order valence-electron chi connectivity index (χ0n) is 17.9. The van der Waals surface area contributed by atoms with E-state index in [9.17, 15) is 14.4 Å². The molecule has 0 aliphatic carbocycles. The van der Waals surface area contributed by atoms with Crippen molar-refractivity contribution in [3.05, 3.63) is 86.3 Å². The number of rotatable bonds is 5. The van der Waals surface area contributed by atoms with Gasteiger partial charge in [0.05, 0.1) is 10.2 Å². The Kier molecular flexibility index (Phi) is 6.31. The molecule has 0 saturated carbocycles.